The summed E-state index contributed by atoms with van der Waals surface area (Å²) in [6, 6.07) is 21.6. The van der Waals surface area contributed by atoms with E-state index in [2.05, 4.69) is 34.1 Å². The molecule has 158 valence electrons. The smallest absolute Gasteiger partial charge is 0.310 e. The second kappa shape index (κ2) is 8.52. The Kier molecular flexibility index (Phi) is 5.43. The van der Waals surface area contributed by atoms with E-state index in [1.807, 2.05) is 36.4 Å². The van der Waals surface area contributed by atoms with Crippen molar-refractivity contribution in [2.75, 3.05) is 19.7 Å². The molecule has 1 saturated carbocycles. The van der Waals surface area contributed by atoms with E-state index in [1.165, 1.54) is 11.6 Å². The molecule has 2 heterocycles. The number of hydrogen-bond acceptors (Lipinski definition) is 5. The van der Waals surface area contributed by atoms with Crippen LogP contribution in [0.2, 0.25) is 0 Å². The van der Waals surface area contributed by atoms with Crippen LogP contribution in [0.5, 0.6) is 5.75 Å². The van der Waals surface area contributed by atoms with Crippen LogP contribution in [-0.2, 0) is 22.5 Å². The van der Waals surface area contributed by atoms with E-state index in [0.29, 0.717) is 35.6 Å². The first kappa shape index (κ1) is 19.8. The molecule has 1 N–H and O–H groups in total. The molecular weight excluding hydrogens is 388 g/mol. The predicted molar refractivity (Wildman–Crippen MR) is 118 cm³/mol. The first-order chi connectivity index (χ1) is 15.2. The number of likely N-dealkylation sites (tertiary alicyclic amines) is 1. The van der Waals surface area contributed by atoms with Gasteiger partial charge in [-0.1, -0.05) is 60.7 Å². The van der Waals surface area contributed by atoms with Gasteiger partial charge in [0.05, 0.1) is 18.7 Å². The molecule has 5 nitrogen and oxygen atoms in total. The van der Waals surface area contributed by atoms with Crippen LogP contribution in [0, 0.1) is 17.8 Å². The van der Waals surface area contributed by atoms with Crippen molar-refractivity contribution in [3.05, 3.63) is 84.1 Å². The van der Waals surface area contributed by atoms with Crippen molar-refractivity contribution in [2.45, 2.75) is 13.0 Å². The Labute approximate surface area is 182 Å². The van der Waals surface area contributed by atoms with E-state index in [-0.39, 0.29) is 18.1 Å². The lowest BCUT2D eigenvalue weighted by Crippen LogP contribution is -2.25. The van der Waals surface area contributed by atoms with E-state index in [0.717, 1.165) is 25.2 Å². The number of aromatic nitrogens is 1. The summed E-state index contributed by atoms with van der Waals surface area (Å²) < 4.78 is 5.61. The van der Waals surface area contributed by atoms with E-state index in [1.54, 1.807) is 6.20 Å². The van der Waals surface area contributed by atoms with Gasteiger partial charge in [-0.05, 0) is 23.5 Å². The SMILES string of the molecule is O=C(Cc1c(O)ccnc1-c1ccccc1)OCC1C2CN(Cc3ccccc3)CC12. The third kappa shape index (κ3) is 4.32. The van der Waals surface area contributed by atoms with Crippen LogP contribution in [0.1, 0.15) is 11.1 Å². The lowest BCUT2D eigenvalue weighted by atomic mass is 10.0. The van der Waals surface area contributed by atoms with Gasteiger partial charge in [0, 0.05) is 42.9 Å². The van der Waals surface area contributed by atoms with Gasteiger partial charge in [0.2, 0.25) is 0 Å². The van der Waals surface area contributed by atoms with Gasteiger partial charge in [-0.3, -0.25) is 14.7 Å². The van der Waals surface area contributed by atoms with E-state index >= 15 is 0 Å². The van der Waals surface area contributed by atoms with Gasteiger partial charge >= 0.3 is 5.97 Å². The summed E-state index contributed by atoms with van der Waals surface area (Å²) in [6.07, 6.45) is 1.57. The maximum Gasteiger partial charge on any atom is 0.310 e. The highest BCUT2D eigenvalue weighted by Crippen LogP contribution is 2.52. The number of hydrogen-bond donors (Lipinski definition) is 1. The highest BCUT2D eigenvalue weighted by molar-refractivity contribution is 5.78. The zero-order chi connectivity index (χ0) is 21.2. The minimum atomic E-state index is -0.313. The minimum Gasteiger partial charge on any atom is -0.508 e. The molecule has 2 aliphatic rings. The Morgan fingerprint density at radius 1 is 1.00 bits per heavy atom. The number of piperidine rings is 1. The van der Waals surface area contributed by atoms with Crippen molar-refractivity contribution in [3.63, 3.8) is 0 Å². The van der Waals surface area contributed by atoms with Crippen LogP contribution in [0.25, 0.3) is 11.3 Å². The van der Waals surface area contributed by atoms with Crippen molar-refractivity contribution < 1.29 is 14.6 Å². The van der Waals surface area contributed by atoms with Gasteiger partial charge in [0.1, 0.15) is 5.75 Å². The summed E-state index contributed by atoms with van der Waals surface area (Å²) in [5, 5.41) is 10.3. The predicted octanol–water partition coefficient (Wildman–Crippen LogP) is 3.92. The standard InChI is InChI=1S/C26H26N2O3/c29-24-11-12-27-26(19-9-5-2-6-10-19)20(24)13-25(30)31-17-23-21-15-28(16-22(21)23)14-18-7-3-1-4-8-18/h1-12,21-23H,13-17H2,(H,27,29). The van der Waals surface area contributed by atoms with Crippen LogP contribution in [0.4, 0.5) is 0 Å². The molecule has 5 heteroatoms. The quantitative estimate of drug-likeness (QED) is 0.594. The molecular formula is C26H26N2O3. The fourth-order valence-corrected chi connectivity index (χ4v) is 4.84. The number of esters is 1. The second-order valence-corrected chi connectivity index (χ2v) is 8.55. The summed E-state index contributed by atoms with van der Waals surface area (Å²) in [4.78, 5) is 19.4. The normalized spacial score (nSPS) is 22.1. The third-order valence-corrected chi connectivity index (χ3v) is 6.53. The fourth-order valence-electron chi connectivity index (χ4n) is 4.84. The summed E-state index contributed by atoms with van der Waals surface area (Å²) in [6.45, 7) is 3.60. The van der Waals surface area contributed by atoms with Crippen molar-refractivity contribution >= 4 is 5.97 Å². The molecule has 31 heavy (non-hydrogen) atoms. The summed E-state index contributed by atoms with van der Waals surface area (Å²) in [5.74, 6) is 1.48. The maximum atomic E-state index is 12.5. The molecule has 0 amide bonds. The number of pyridine rings is 1. The van der Waals surface area contributed by atoms with Crippen LogP contribution < -0.4 is 0 Å². The fraction of sp³-hybridized carbons (Fsp3) is 0.308. The Bertz CT molecular complexity index is 1040. The number of aromatic hydroxyl groups is 1. The molecule has 0 spiro atoms. The maximum absolute atomic E-state index is 12.5. The zero-order valence-corrected chi connectivity index (χ0v) is 17.4. The zero-order valence-electron chi connectivity index (χ0n) is 17.4. The van der Waals surface area contributed by atoms with Gasteiger partial charge < -0.3 is 9.84 Å². The Hall–Kier alpha value is -3.18. The lowest BCUT2D eigenvalue weighted by Gasteiger charge is -2.19. The highest BCUT2D eigenvalue weighted by atomic mass is 16.5. The minimum absolute atomic E-state index is 0.0199. The van der Waals surface area contributed by atoms with Crippen LogP contribution in [0.15, 0.2) is 72.9 Å². The van der Waals surface area contributed by atoms with Gasteiger partial charge in [0.25, 0.3) is 0 Å². The van der Waals surface area contributed by atoms with Gasteiger partial charge in [0.15, 0.2) is 0 Å². The van der Waals surface area contributed by atoms with Crippen molar-refractivity contribution in [3.8, 4) is 17.0 Å². The highest BCUT2D eigenvalue weighted by Gasteiger charge is 2.55. The van der Waals surface area contributed by atoms with E-state index in [9.17, 15) is 9.90 Å². The Morgan fingerprint density at radius 2 is 1.68 bits per heavy atom. The third-order valence-electron chi connectivity index (χ3n) is 6.53. The topological polar surface area (TPSA) is 62.7 Å². The Morgan fingerprint density at radius 3 is 2.39 bits per heavy atom. The molecule has 1 saturated heterocycles. The number of benzene rings is 2. The molecule has 3 aromatic rings. The van der Waals surface area contributed by atoms with Gasteiger partial charge in [-0.15, -0.1) is 0 Å². The number of ether oxygens (including phenoxy) is 1. The first-order valence-electron chi connectivity index (χ1n) is 10.8. The molecule has 0 bridgehead atoms. The van der Waals surface area contributed by atoms with Crippen molar-refractivity contribution in [2.24, 2.45) is 17.8 Å². The van der Waals surface area contributed by atoms with Gasteiger partial charge in [-0.2, -0.15) is 0 Å². The molecule has 2 fully saturated rings. The van der Waals surface area contributed by atoms with E-state index in [4.69, 9.17) is 4.74 Å². The lowest BCUT2D eigenvalue weighted by molar-refractivity contribution is -0.143. The largest absolute Gasteiger partial charge is 0.508 e. The number of nitrogens with zero attached hydrogens (tertiary/aromatic N) is 2. The van der Waals surface area contributed by atoms with E-state index < -0.39 is 0 Å². The van der Waals surface area contributed by atoms with Crippen LogP contribution >= 0.6 is 0 Å². The number of carbonyl (C=O) groups excluding carboxylic acids is 1. The number of rotatable bonds is 7. The van der Waals surface area contributed by atoms with Gasteiger partial charge in [-0.25, -0.2) is 0 Å². The number of fused-ring (bicyclic) bond motifs is 1. The monoisotopic (exact) mass is 414 g/mol. The second-order valence-electron chi connectivity index (χ2n) is 8.55. The van der Waals surface area contributed by atoms with Crippen LogP contribution in [0.3, 0.4) is 0 Å². The first-order valence-corrected chi connectivity index (χ1v) is 10.8. The average Bonchev–Trinajstić information content (AvgIpc) is 3.25. The summed E-state index contributed by atoms with van der Waals surface area (Å²) >= 11 is 0. The average molecular weight is 415 g/mol. The van der Waals surface area contributed by atoms with Crippen molar-refractivity contribution in [1.29, 1.82) is 0 Å². The Balaban J connectivity index is 1.14. The molecule has 1 aromatic heterocycles. The molecule has 0 radical (unpaired) electrons. The summed E-state index contributed by atoms with van der Waals surface area (Å²) in [7, 11) is 0. The van der Waals surface area contributed by atoms with Crippen molar-refractivity contribution in [1.82, 2.24) is 9.88 Å². The molecule has 2 aromatic carbocycles. The molecule has 1 aliphatic carbocycles. The molecule has 2 unspecified atom stereocenters. The molecule has 5 rings (SSSR count). The molecule has 2 atom stereocenters. The number of carbonyl (C=O) groups is 1. The molecule has 1 aliphatic heterocycles. The van der Waals surface area contributed by atoms with Crippen LogP contribution in [-0.4, -0.2) is 40.7 Å². The summed E-state index contributed by atoms with van der Waals surface area (Å²) in [5.41, 5.74) is 3.36.